The number of carbonyl (C=O) groups is 2. The van der Waals surface area contributed by atoms with Gasteiger partial charge in [0.25, 0.3) is 5.91 Å². The number of nitrogens with zero attached hydrogens (tertiary/aromatic N) is 2. The van der Waals surface area contributed by atoms with Gasteiger partial charge >= 0.3 is 5.97 Å². The Hall–Kier alpha value is -2.67. The molecule has 1 aromatic heterocycles. The fourth-order valence-corrected chi connectivity index (χ4v) is 3.85. The van der Waals surface area contributed by atoms with Crippen molar-refractivity contribution >= 4 is 11.9 Å². The highest BCUT2D eigenvalue weighted by Crippen LogP contribution is 2.24. The summed E-state index contributed by atoms with van der Waals surface area (Å²) in [5, 5.41) is 7.45. The van der Waals surface area contributed by atoms with Gasteiger partial charge in [-0.25, -0.2) is 9.48 Å². The molecular formula is C28H43N3O4. The van der Waals surface area contributed by atoms with Crippen LogP contribution in [0, 0.1) is 5.92 Å². The molecule has 0 fully saturated rings. The SMILES string of the molecule is CCCC[C@H](CC)COCCCNC(=O)c1ccc(-n2nc(C(=O)OCC)cc2[C@@H](C)CC)cc1. The average molecular weight is 486 g/mol. The first kappa shape index (κ1) is 28.6. The summed E-state index contributed by atoms with van der Waals surface area (Å²) in [6.45, 7) is 12.7. The van der Waals surface area contributed by atoms with E-state index in [4.69, 9.17) is 9.47 Å². The molecule has 2 aromatic rings. The molecule has 0 radical (unpaired) electrons. The minimum Gasteiger partial charge on any atom is -0.461 e. The summed E-state index contributed by atoms with van der Waals surface area (Å²) in [4.78, 5) is 24.7. The zero-order valence-electron chi connectivity index (χ0n) is 22.1. The van der Waals surface area contributed by atoms with Crippen LogP contribution in [0.1, 0.15) is 106 Å². The summed E-state index contributed by atoms with van der Waals surface area (Å²) in [7, 11) is 0. The lowest BCUT2D eigenvalue weighted by atomic mass is 10.0. The van der Waals surface area contributed by atoms with Crippen molar-refractivity contribution in [3.63, 3.8) is 0 Å². The maximum atomic E-state index is 12.5. The summed E-state index contributed by atoms with van der Waals surface area (Å²) >= 11 is 0. The third-order valence-corrected chi connectivity index (χ3v) is 6.36. The summed E-state index contributed by atoms with van der Waals surface area (Å²) < 4.78 is 12.7. The molecule has 7 heteroatoms. The van der Waals surface area contributed by atoms with Crippen LogP contribution in [0.3, 0.4) is 0 Å². The van der Waals surface area contributed by atoms with E-state index in [1.807, 2.05) is 12.1 Å². The van der Waals surface area contributed by atoms with Gasteiger partial charge in [-0.15, -0.1) is 0 Å². The van der Waals surface area contributed by atoms with Crippen LogP contribution in [-0.4, -0.2) is 48.0 Å². The van der Waals surface area contributed by atoms with E-state index in [0.29, 0.717) is 36.9 Å². The maximum absolute atomic E-state index is 12.5. The Labute approximate surface area is 210 Å². The van der Waals surface area contributed by atoms with Gasteiger partial charge in [0.2, 0.25) is 0 Å². The van der Waals surface area contributed by atoms with Crippen LogP contribution in [0.25, 0.3) is 5.69 Å². The topological polar surface area (TPSA) is 82.5 Å². The van der Waals surface area contributed by atoms with Crippen molar-refractivity contribution in [2.45, 2.75) is 79.1 Å². The second-order valence-corrected chi connectivity index (χ2v) is 9.04. The fourth-order valence-electron chi connectivity index (χ4n) is 3.85. The number of aromatic nitrogens is 2. The molecule has 1 heterocycles. The summed E-state index contributed by atoms with van der Waals surface area (Å²) in [6, 6.07) is 9.07. The molecule has 35 heavy (non-hydrogen) atoms. The number of amides is 1. The molecule has 0 saturated carbocycles. The Balaban J connectivity index is 1.91. The molecule has 7 nitrogen and oxygen atoms in total. The molecule has 0 bridgehead atoms. The van der Waals surface area contributed by atoms with Crippen molar-refractivity contribution in [3.8, 4) is 5.69 Å². The normalized spacial score (nSPS) is 12.8. The molecule has 1 N–H and O–H groups in total. The summed E-state index contributed by atoms with van der Waals surface area (Å²) in [6.07, 6.45) is 6.55. The lowest BCUT2D eigenvalue weighted by Crippen LogP contribution is -2.25. The second kappa shape index (κ2) is 15.4. The van der Waals surface area contributed by atoms with E-state index in [1.165, 1.54) is 19.3 Å². The van der Waals surface area contributed by atoms with Crippen LogP contribution >= 0.6 is 0 Å². The summed E-state index contributed by atoms with van der Waals surface area (Å²) in [5.41, 5.74) is 2.62. The van der Waals surface area contributed by atoms with E-state index in [1.54, 1.807) is 29.8 Å². The molecule has 2 atom stereocenters. The first-order valence-electron chi connectivity index (χ1n) is 13.2. The van der Waals surface area contributed by atoms with E-state index in [2.05, 4.69) is 38.1 Å². The van der Waals surface area contributed by atoms with Crippen LogP contribution < -0.4 is 5.32 Å². The first-order chi connectivity index (χ1) is 16.9. The van der Waals surface area contributed by atoms with Crippen LogP contribution in [-0.2, 0) is 9.47 Å². The van der Waals surface area contributed by atoms with Gasteiger partial charge < -0.3 is 14.8 Å². The fraction of sp³-hybridized carbons (Fsp3) is 0.607. The number of carbonyl (C=O) groups excluding carboxylic acids is 2. The highest BCUT2D eigenvalue weighted by Gasteiger charge is 2.19. The van der Waals surface area contributed by atoms with Crippen molar-refractivity contribution in [3.05, 3.63) is 47.3 Å². The van der Waals surface area contributed by atoms with Gasteiger partial charge in [0.05, 0.1) is 12.3 Å². The van der Waals surface area contributed by atoms with Gasteiger partial charge in [0, 0.05) is 31.0 Å². The third-order valence-electron chi connectivity index (χ3n) is 6.36. The highest BCUT2D eigenvalue weighted by molar-refractivity contribution is 5.94. The molecule has 0 aliphatic rings. The Morgan fingerprint density at radius 3 is 2.43 bits per heavy atom. The monoisotopic (exact) mass is 485 g/mol. The molecule has 0 unspecified atom stereocenters. The van der Waals surface area contributed by atoms with E-state index in [9.17, 15) is 9.59 Å². The Kier molecular flexibility index (Phi) is 12.5. The van der Waals surface area contributed by atoms with Crippen molar-refractivity contribution in [2.24, 2.45) is 5.92 Å². The first-order valence-corrected chi connectivity index (χ1v) is 13.2. The smallest absolute Gasteiger partial charge is 0.358 e. The predicted octanol–water partition coefficient (Wildman–Crippen LogP) is 5.92. The van der Waals surface area contributed by atoms with Gasteiger partial charge in [0.1, 0.15) is 0 Å². The molecule has 0 aliphatic carbocycles. The van der Waals surface area contributed by atoms with Crippen LogP contribution in [0.15, 0.2) is 30.3 Å². The van der Waals surface area contributed by atoms with E-state index in [0.717, 1.165) is 37.3 Å². The van der Waals surface area contributed by atoms with Gasteiger partial charge in [-0.2, -0.15) is 5.10 Å². The van der Waals surface area contributed by atoms with E-state index in [-0.39, 0.29) is 11.8 Å². The van der Waals surface area contributed by atoms with Gasteiger partial charge in [-0.1, -0.05) is 47.0 Å². The van der Waals surface area contributed by atoms with Crippen molar-refractivity contribution < 1.29 is 19.1 Å². The maximum Gasteiger partial charge on any atom is 0.358 e. The molecule has 0 aliphatic heterocycles. The molecule has 2 rings (SSSR count). The number of unbranched alkanes of at least 4 members (excludes halogenated alkanes) is 1. The van der Waals surface area contributed by atoms with Gasteiger partial charge in [0.15, 0.2) is 5.69 Å². The number of benzene rings is 1. The zero-order valence-corrected chi connectivity index (χ0v) is 22.1. The zero-order chi connectivity index (χ0) is 25.6. The molecular weight excluding hydrogens is 442 g/mol. The summed E-state index contributed by atoms with van der Waals surface area (Å²) in [5.74, 6) is 0.310. The Bertz CT molecular complexity index is 907. The number of nitrogens with one attached hydrogen (secondary N) is 1. The van der Waals surface area contributed by atoms with Crippen LogP contribution in [0.2, 0.25) is 0 Å². The number of esters is 1. The lowest BCUT2D eigenvalue weighted by Gasteiger charge is -2.14. The van der Waals surface area contributed by atoms with E-state index < -0.39 is 5.97 Å². The predicted molar refractivity (Wildman–Crippen MR) is 139 cm³/mol. The van der Waals surface area contributed by atoms with Crippen molar-refractivity contribution in [1.29, 1.82) is 0 Å². The highest BCUT2D eigenvalue weighted by atomic mass is 16.5. The molecule has 194 valence electrons. The second-order valence-electron chi connectivity index (χ2n) is 9.04. The molecule has 0 saturated heterocycles. The minimum atomic E-state index is -0.429. The largest absolute Gasteiger partial charge is 0.461 e. The molecule has 1 aromatic carbocycles. The molecule has 0 spiro atoms. The van der Waals surface area contributed by atoms with Gasteiger partial charge in [-0.05, 0) is 68.4 Å². The standard InChI is InChI=1S/C28H43N3O4/c1-6-10-12-22(8-3)20-34-18-11-17-29-27(32)23-13-15-24(16-14-23)31-26(21(5)7-2)19-25(30-31)28(33)35-9-4/h13-16,19,21-22H,6-12,17-18,20H2,1-5H3,(H,29,32)/t21-,22-/m0/s1. The number of hydrogen-bond donors (Lipinski definition) is 1. The Morgan fingerprint density at radius 1 is 1.06 bits per heavy atom. The number of hydrogen-bond acceptors (Lipinski definition) is 5. The van der Waals surface area contributed by atoms with Crippen LogP contribution in [0.5, 0.6) is 0 Å². The van der Waals surface area contributed by atoms with Crippen molar-refractivity contribution in [1.82, 2.24) is 15.1 Å². The minimum absolute atomic E-state index is 0.110. The number of ether oxygens (including phenoxy) is 2. The average Bonchev–Trinajstić information content (AvgIpc) is 3.33. The quantitative estimate of drug-likeness (QED) is 0.236. The number of rotatable bonds is 16. The third kappa shape index (κ3) is 8.80. The van der Waals surface area contributed by atoms with Crippen LogP contribution in [0.4, 0.5) is 0 Å². The molecule has 1 amide bonds. The lowest BCUT2D eigenvalue weighted by molar-refractivity contribution is 0.0518. The Morgan fingerprint density at radius 2 is 1.80 bits per heavy atom. The van der Waals surface area contributed by atoms with E-state index >= 15 is 0 Å². The van der Waals surface area contributed by atoms with Gasteiger partial charge in [-0.3, -0.25) is 4.79 Å². The van der Waals surface area contributed by atoms with Crippen molar-refractivity contribution in [2.75, 3.05) is 26.4 Å².